The molecule has 0 unspecified atom stereocenters. The summed E-state index contributed by atoms with van der Waals surface area (Å²) in [4.78, 5) is 0. The van der Waals surface area contributed by atoms with Crippen LogP contribution in [0.1, 0.15) is 18.9 Å². The summed E-state index contributed by atoms with van der Waals surface area (Å²) in [5, 5.41) is 8.89. The van der Waals surface area contributed by atoms with E-state index in [-0.39, 0.29) is 6.61 Å². The maximum Gasteiger partial charge on any atom is 0.0451 e. The molecule has 0 heterocycles. The minimum Gasteiger partial charge on any atom is -0.399 e. The van der Waals surface area contributed by atoms with Gasteiger partial charge in [0, 0.05) is 22.3 Å². The topological polar surface area (TPSA) is 72.3 Å². The molecule has 0 spiro atoms. The van der Waals surface area contributed by atoms with Gasteiger partial charge in [-0.15, -0.1) is 0 Å². The van der Waals surface area contributed by atoms with E-state index in [1.165, 1.54) is 0 Å². The van der Waals surface area contributed by atoms with Crippen LogP contribution in [0.25, 0.3) is 0 Å². The second-order valence-electron chi connectivity index (χ2n) is 3.63. The molecule has 78 valence electrons. The van der Waals surface area contributed by atoms with Crippen molar-refractivity contribution in [3.8, 4) is 0 Å². The highest BCUT2D eigenvalue weighted by atomic mass is 79.9. The summed E-state index contributed by atoms with van der Waals surface area (Å²) in [5.74, 6) is 0. The van der Waals surface area contributed by atoms with E-state index < -0.39 is 5.54 Å². The second kappa shape index (κ2) is 4.29. The van der Waals surface area contributed by atoms with Crippen molar-refractivity contribution in [3.05, 3.63) is 28.2 Å². The molecule has 0 saturated heterocycles. The van der Waals surface area contributed by atoms with Gasteiger partial charge in [0.05, 0.1) is 0 Å². The lowest BCUT2D eigenvalue weighted by Crippen LogP contribution is -2.34. The minimum atomic E-state index is -0.527. The van der Waals surface area contributed by atoms with E-state index in [2.05, 4.69) is 15.9 Å². The fraction of sp³-hybridized carbons (Fsp3) is 0.400. The highest BCUT2D eigenvalue weighted by Crippen LogP contribution is 2.30. The zero-order valence-electron chi connectivity index (χ0n) is 8.13. The molecule has 0 radical (unpaired) electrons. The Balaban J connectivity index is 3.06. The SMILES string of the molecule is C[C@@](N)(CCO)c1ccc(N)cc1Br. The van der Waals surface area contributed by atoms with Crippen LogP contribution in [-0.2, 0) is 5.54 Å². The van der Waals surface area contributed by atoms with Crippen LogP contribution in [0.3, 0.4) is 0 Å². The van der Waals surface area contributed by atoms with Crippen molar-refractivity contribution >= 4 is 21.6 Å². The minimum absolute atomic E-state index is 0.0732. The highest BCUT2D eigenvalue weighted by Gasteiger charge is 2.22. The standard InChI is InChI=1S/C10H15BrN2O/c1-10(13,4-5-14)8-3-2-7(12)6-9(8)11/h2-3,6,14H,4-5,12-13H2,1H3/t10-/m1/s1. The molecule has 1 aromatic rings. The molecule has 1 atom stereocenters. The van der Waals surface area contributed by atoms with Gasteiger partial charge in [-0.25, -0.2) is 0 Å². The molecule has 1 aromatic carbocycles. The van der Waals surface area contributed by atoms with Crippen LogP contribution in [0, 0.1) is 0 Å². The van der Waals surface area contributed by atoms with Gasteiger partial charge in [-0.05, 0) is 31.0 Å². The third-order valence-corrected chi connectivity index (χ3v) is 2.90. The fourth-order valence-corrected chi connectivity index (χ4v) is 2.21. The Labute approximate surface area is 92.2 Å². The Morgan fingerprint density at radius 3 is 2.64 bits per heavy atom. The third-order valence-electron chi connectivity index (χ3n) is 2.24. The van der Waals surface area contributed by atoms with E-state index in [0.29, 0.717) is 12.1 Å². The van der Waals surface area contributed by atoms with Crippen molar-refractivity contribution in [2.24, 2.45) is 5.73 Å². The first-order chi connectivity index (χ1) is 6.47. The van der Waals surface area contributed by atoms with E-state index in [0.717, 1.165) is 10.0 Å². The summed E-state index contributed by atoms with van der Waals surface area (Å²) in [5.41, 5.74) is 12.8. The monoisotopic (exact) mass is 258 g/mol. The Kier molecular flexibility index (Phi) is 3.53. The van der Waals surface area contributed by atoms with E-state index in [4.69, 9.17) is 16.6 Å². The van der Waals surface area contributed by atoms with Crippen LogP contribution < -0.4 is 11.5 Å². The average Bonchev–Trinajstić information content (AvgIpc) is 2.02. The van der Waals surface area contributed by atoms with Gasteiger partial charge in [0.25, 0.3) is 0 Å². The Bertz CT molecular complexity index is 326. The van der Waals surface area contributed by atoms with Crippen LogP contribution in [0.2, 0.25) is 0 Å². The van der Waals surface area contributed by atoms with Gasteiger partial charge in [-0.1, -0.05) is 22.0 Å². The maximum absolute atomic E-state index is 8.89. The molecular weight excluding hydrogens is 244 g/mol. The zero-order chi connectivity index (χ0) is 10.8. The Morgan fingerprint density at radius 2 is 2.14 bits per heavy atom. The van der Waals surface area contributed by atoms with E-state index in [1.807, 2.05) is 25.1 Å². The second-order valence-corrected chi connectivity index (χ2v) is 4.48. The molecular formula is C10H15BrN2O. The average molecular weight is 259 g/mol. The number of benzene rings is 1. The van der Waals surface area contributed by atoms with E-state index in [9.17, 15) is 0 Å². The summed E-state index contributed by atoms with van der Waals surface area (Å²) in [6, 6.07) is 5.51. The van der Waals surface area contributed by atoms with Crippen molar-refractivity contribution < 1.29 is 5.11 Å². The van der Waals surface area contributed by atoms with Crippen LogP contribution in [0.15, 0.2) is 22.7 Å². The molecule has 0 fully saturated rings. The normalized spacial score (nSPS) is 15.1. The van der Waals surface area contributed by atoms with Gasteiger partial charge in [0.1, 0.15) is 0 Å². The molecule has 0 aliphatic heterocycles. The number of halogens is 1. The first kappa shape index (κ1) is 11.5. The number of hydrogen-bond acceptors (Lipinski definition) is 3. The molecule has 0 aliphatic carbocycles. The number of nitrogen functional groups attached to an aromatic ring is 1. The lowest BCUT2D eigenvalue weighted by Gasteiger charge is -2.25. The first-order valence-electron chi connectivity index (χ1n) is 4.42. The lowest BCUT2D eigenvalue weighted by atomic mass is 9.90. The van der Waals surface area contributed by atoms with Gasteiger partial charge >= 0.3 is 0 Å². The molecule has 3 nitrogen and oxygen atoms in total. The highest BCUT2D eigenvalue weighted by molar-refractivity contribution is 9.10. The van der Waals surface area contributed by atoms with Crippen molar-refractivity contribution in [3.63, 3.8) is 0 Å². The molecule has 4 heteroatoms. The molecule has 0 aromatic heterocycles. The summed E-state index contributed by atoms with van der Waals surface area (Å²) >= 11 is 3.41. The predicted molar refractivity (Wildman–Crippen MR) is 61.8 cm³/mol. The van der Waals surface area contributed by atoms with Gasteiger partial charge in [0.2, 0.25) is 0 Å². The van der Waals surface area contributed by atoms with Gasteiger partial charge < -0.3 is 16.6 Å². The van der Waals surface area contributed by atoms with E-state index >= 15 is 0 Å². The number of nitrogens with two attached hydrogens (primary N) is 2. The van der Waals surface area contributed by atoms with Crippen molar-refractivity contribution in [1.29, 1.82) is 0 Å². The summed E-state index contributed by atoms with van der Waals surface area (Å²) in [7, 11) is 0. The van der Waals surface area contributed by atoms with Gasteiger partial charge in [-0.2, -0.15) is 0 Å². The maximum atomic E-state index is 8.89. The molecule has 5 N–H and O–H groups in total. The molecule has 0 bridgehead atoms. The summed E-state index contributed by atoms with van der Waals surface area (Å²) in [6.07, 6.45) is 0.523. The van der Waals surface area contributed by atoms with Crippen LogP contribution in [0.5, 0.6) is 0 Å². The van der Waals surface area contributed by atoms with E-state index in [1.54, 1.807) is 0 Å². The molecule has 0 saturated carbocycles. The fourth-order valence-electron chi connectivity index (χ4n) is 1.36. The van der Waals surface area contributed by atoms with Crippen molar-refractivity contribution in [1.82, 2.24) is 0 Å². The Morgan fingerprint density at radius 1 is 1.50 bits per heavy atom. The molecule has 0 amide bonds. The van der Waals surface area contributed by atoms with Gasteiger partial charge in [0.15, 0.2) is 0 Å². The number of aliphatic hydroxyl groups excluding tert-OH is 1. The number of anilines is 1. The quantitative estimate of drug-likeness (QED) is 0.722. The first-order valence-corrected chi connectivity index (χ1v) is 5.22. The molecule has 14 heavy (non-hydrogen) atoms. The molecule has 1 rings (SSSR count). The van der Waals surface area contributed by atoms with Gasteiger partial charge in [-0.3, -0.25) is 0 Å². The summed E-state index contributed by atoms with van der Waals surface area (Å²) in [6.45, 7) is 1.96. The Hall–Kier alpha value is -0.580. The largest absolute Gasteiger partial charge is 0.399 e. The van der Waals surface area contributed by atoms with Crippen LogP contribution in [-0.4, -0.2) is 11.7 Å². The zero-order valence-corrected chi connectivity index (χ0v) is 9.71. The number of rotatable bonds is 3. The number of hydrogen-bond donors (Lipinski definition) is 3. The lowest BCUT2D eigenvalue weighted by molar-refractivity contribution is 0.247. The van der Waals surface area contributed by atoms with Crippen LogP contribution in [0.4, 0.5) is 5.69 Å². The smallest absolute Gasteiger partial charge is 0.0451 e. The number of aliphatic hydroxyl groups is 1. The predicted octanol–water partition coefficient (Wildman–Crippen LogP) is 1.59. The van der Waals surface area contributed by atoms with Crippen molar-refractivity contribution in [2.75, 3.05) is 12.3 Å². The summed E-state index contributed by atoms with van der Waals surface area (Å²) < 4.78 is 0.885. The third kappa shape index (κ3) is 2.47. The van der Waals surface area contributed by atoms with Crippen LogP contribution >= 0.6 is 15.9 Å². The molecule has 0 aliphatic rings. The van der Waals surface area contributed by atoms with Crippen molar-refractivity contribution in [2.45, 2.75) is 18.9 Å².